The molecule has 2 amide bonds. The fourth-order valence-corrected chi connectivity index (χ4v) is 2.20. The van der Waals surface area contributed by atoms with Crippen molar-refractivity contribution < 1.29 is 14.5 Å². The predicted octanol–water partition coefficient (Wildman–Crippen LogP) is 4.14. The zero-order valence-corrected chi connectivity index (χ0v) is 13.5. The first-order valence-electron chi connectivity index (χ1n) is 6.30. The Bertz CT molecular complexity index is 757. The van der Waals surface area contributed by atoms with E-state index in [4.69, 9.17) is 16.3 Å². The van der Waals surface area contributed by atoms with E-state index in [2.05, 4.69) is 18.1 Å². The van der Waals surface area contributed by atoms with Crippen LogP contribution in [0, 0.1) is 10.1 Å². The number of thiol groups is 1. The summed E-state index contributed by atoms with van der Waals surface area (Å²) < 4.78 is 6.06. The van der Waals surface area contributed by atoms with Crippen molar-refractivity contribution in [2.75, 3.05) is 16.7 Å². The number of halogens is 1. The van der Waals surface area contributed by atoms with Crippen LogP contribution in [-0.4, -0.2) is 18.1 Å². The molecule has 0 aliphatic carbocycles. The van der Waals surface area contributed by atoms with E-state index in [0.29, 0.717) is 16.5 Å². The number of nitro groups is 1. The van der Waals surface area contributed by atoms with Crippen LogP contribution in [-0.2, 0) is 0 Å². The molecule has 120 valence electrons. The van der Waals surface area contributed by atoms with Crippen LogP contribution in [0.5, 0.6) is 5.75 Å². The lowest BCUT2D eigenvalue weighted by Gasteiger charge is -2.17. The van der Waals surface area contributed by atoms with E-state index in [9.17, 15) is 14.9 Å². The Labute approximate surface area is 142 Å². The second-order valence-corrected chi connectivity index (χ2v) is 5.18. The lowest BCUT2D eigenvalue weighted by atomic mass is 10.3. The van der Waals surface area contributed by atoms with Crippen LogP contribution < -0.4 is 14.4 Å². The molecule has 0 fully saturated rings. The first kappa shape index (κ1) is 16.9. The van der Waals surface area contributed by atoms with Gasteiger partial charge in [0.2, 0.25) is 0 Å². The Morgan fingerprint density at radius 1 is 1.35 bits per heavy atom. The highest BCUT2D eigenvalue weighted by Crippen LogP contribution is 2.30. The number of nitro benzene ring substituents is 1. The smallest absolute Gasteiger partial charge is 0.336 e. The highest BCUT2D eigenvalue weighted by molar-refractivity contribution is 7.82. The first-order valence-corrected chi connectivity index (χ1v) is 7.08. The molecule has 2 rings (SSSR count). The summed E-state index contributed by atoms with van der Waals surface area (Å²) in [6, 6.07) is 9.72. The number of benzene rings is 2. The number of nitrogens with zero attached hydrogens (tertiary/aromatic N) is 2. The Balaban J connectivity index is 2.15. The highest BCUT2D eigenvalue weighted by atomic mass is 35.5. The lowest BCUT2D eigenvalue weighted by molar-refractivity contribution is -0.384. The zero-order chi connectivity index (χ0) is 17.0. The van der Waals surface area contributed by atoms with Gasteiger partial charge in [0.15, 0.2) is 0 Å². The molecule has 0 unspecified atom stereocenters. The summed E-state index contributed by atoms with van der Waals surface area (Å²) in [5.41, 5.74) is 0.575. The highest BCUT2D eigenvalue weighted by Gasteiger charge is 2.15. The number of methoxy groups -OCH3 is 1. The topological polar surface area (TPSA) is 84.7 Å². The van der Waals surface area contributed by atoms with Gasteiger partial charge in [-0.25, -0.2) is 9.10 Å². The SMILES string of the molecule is COc1ccc(N(S)C(=O)Nc2cccc([N+](=O)[O-])c2)cc1Cl. The van der Waals surface area contributed by atoms with Crippen molar-refractivity contribution in [1.29, 1.82) is 0 Å². The van der Waals surface area contributed by atoms with Crippen LogP contribution in [0.4, 0.5) is 21.9 Å². The molecule has 9 heteroatoms. The molecule has 1 N–H and O–H groups in total. The van der Waals surface area contributed by atoms with Gasteiger partial charge >= 0.3 is 6.03 Å². The predicted molar refractivity (Wildman–Crippen MR) is 91.6 cm³/mol. The van der Waals surface area contributed by atoms with Gasteiger partial charge in [-0.2, -0.15) is 0 Å². The van der Waals surface area contributed by atoms with Gasteiger partial charge in [0.25, 0.3) is 5.69 Å². The molecule has 7 nitrogen and oxygen atoms in total. The first-order chi connectivity index (χ1) is 10.9. The molecule has 2 aromatic rings. The van der Waals surface area contributed by atoms with Crippen molar-refractivity contribution in [3.8, 4) is 5.75 Å². The van der Waals surface area contributed by atoms with E-state index < -0.39 is 11.0 Å². The summed E-state index contributed by atoms with van der Waals surface area (Å²) in [5.74, 6) is 0.469. The average molecular weight is 354 g/mol. The molecule has 0 saturated heterocycles. The van der Waals surface area contributed by atoms with E-state index in [1.165, 1.54) is 37.4 Å². The molecule has 0 heterocycles. The van der Waals surface area contributed by atoms with Crippen LogP contribution in [0.2, 0.25) is 5.02 Å². The van der Waals surface area contributed by atoms with E-state index in [1.54, 1.807) is 12.1 Å². The van der Waals surface area contributed by atoms with Crippen LogP contribution in [0.25, 0.3) is 0 Å². The Morgan fingerprint density at radius 3 is 2.70 bits per heavy atom. The minimum Gasteiger partial charge on any atom is -0.495 e. The number of carbonyl (C=O) groups is 1. The Morgan fingerprint density at radius 2 is 2.09 bits per heavy atom. The molecular weight excluding hydrogens is 342 g/mol. The van der Waals surface area contributed by atoms with Crippen molar-refractivity contribution in [2.45, 2.75) is 0 Å². The number of rotatable bonds is 4. The minimum atomic E-state index is -0.588. The van der Waals surface area contributed by atoms with Crippen molar-refractivity contribution in [2.24, 2.45) is 0 Å². The number of urea groups is 1. The molecule has 0 spiro atoms. The molecule has 0 aliphatic heterocycles. The third-order valence-corrected chi connectivity index (χ3v) is 3.59. The van der Waals surface area contributed by atoms with E-state index in [1.807, 2.05) is 0 Å². The van der Waals surface area contributed by atoms with E-state index >= 15 is 0 Å². The summed E-state index contributed by atoms with van der Waals surface area (Å²) in [6.07, 6.45) is 0. The summed E-state index contributed by atoms with van der Waals surface area (Å²) in [6.45, 7) is 0. The summed E-state index contributed by atoms with van der Waals surface area (Å²) in [5, 5.41) is 13.6. The van der Waals surface area contributed by atoms with Crippen LogP contribution in [0.3, 0.4) is 0 Å². The maximum atomic E-state index is 12.2. The molecule has 2 aromatic carbocycles. The van der Waals surface area contributed by atoms with Gasteiger partial charge in [0.1, 0.15) is 5.75 Å². The second kappa shape index (κ2) is 7.21. The quantitative estimate of drug-likeness (QED) is 0.491. The standard InChI is InChI=1S/C14H12ClN3O4S/c1-22-13-6-5-10(8-12(13)15)17(23)14(19)16-9-3-2-4-11(7-9)18(20)21/h2-8,23H,1H3,(H,16,19). The number of ether oxygens (including phenoxy) is 1. The summed E-state index contributed by atoms with van der Waals surface area (Å²) in [4.78, 5) is 22.3. The second-order valence-electron chi connectivity index (χ2n) is 4.37. The van der Waals surface area contributed by atoms with Crippen molar-refractivity contribution in [3.63, 3.8) is 0 Å². The number of nitrogens with one attached hydrogen (secondary N) is 1. The van der Waals surface area contributed by atoms with Crippen molar-refractivity contribution in [3.05, 3.63) is 57.6 Å². The average Bonchev–Trinajstić information content (AvgIpc) is 2.54. The Hall–Kier alpha value is -2.45. The van der Waals surface area contributed by atoms with Crippen molar-refractivity contribution in [1.82, 2.24) is 0 Å². The number of hydrogen-bond acceptors (Lipinski definition) is 5. The van der Waals surface area contributed by atoms with E-state index in [0.717, 1.165) is 4.31 Å². The molecule has 0 atom stereocenters. The zero-order valence-electron chi connectivity index (χ0n) is 11.9. The van der Waals surface area contributed by atoms with Gasteiger partial charge < -0.3 is 10.1 Å². The van der Waals surface area contributed by atoms with Crippen LogP contribution >= 0.6 is 24.4 Å². The van der Waals surface area contributed by atoms with Gasteiger partial charge in [-0.15, -0.1) is 0 Å². The number of non-ortho nitro benzene ring substituents is 1. The number of hydrogen-bond donors (Lipinski definition) is 2. The molecule has 0 bridgehead atoms. The number of anilines is 2. The minimum absolute atomic E-state index is 0.124. The molecule has 0 radical (unpaired) electrons. The third kappa shape index (κ3) is 4.05. The number of amides is 2. The molecule has 23 heavy (non-hydrogen) atoms. The normalized spacial score (nSPS) is 10.0. The summed E-state index contributed by atoms with van der Waals surface area (Å²) in [7, 11) is 1.48. The van der Waals surface area contributed by atoms with Crippen LogP contribution in [0.1, 0.15) is 0 Å². The van der Waals surface area contributed by atoms with Gasteiger partial charge in [0.05, 0.1) is 22.7 Å². The van der Waals surface area contributed by atoms with Crippen molar-refractivity contribution >= 4 is 47.5 Å². The maximum Gasteiger partial charge on any atom is 0.336 e. The van der Waals surface area contributed by atoms with Gasteiger partial charge in [0, 0.05) is 17.8 Å². The van der Waals surface area contributed by atoms with Gasteiger partial charge in [-0.05, 0) is 24.3 Å². The largest absolute Gasteiger partial charge is 0.495 e. The summed E-state index contributed by atoms with van der Waals surface area (Å²) >= 11 is 10.1. The van der Waals surface area contributed by atoms with Crippen LogP contribution in [0.15, 0.2) is 42.5 Å². The monoisotopic (exact) mass is 353 g/mol. The fourth-order valence-electron chi connectivity index (χ4n) is 1.78. The van der Waals surface area contributed by atoms with Gasteiger partial charge in [-0.3, -0.25) is 10.1 Å². The van der Waals surface area contributed by atoms with Gasteiger partial charge in [-0.1, -0.05) is 30.5 Å². The molecule has 0 aromatic heterocycles. The van der Waals surface area contributed by atoms with E-state index in [-0.39, 0.29) is 11.4 Å². The lowest BCUT2D eigenvalue weighted by Crippen LogP contribution is -2.26. The molecular formula is C14H12ClN3O4S. The fraction of sp³-hybridized carbons (Fsp3) is 0.0714. The molecule has 0 saturated carbocycles. The Kier molecular flexibility index (Phi) is 5.30. The number of carbonyl (C=O) groups excluding carboxylic acids is 1. The third-order valence-electron chi connectivity index (χ3n) is 2.88. The molecule has 0 aliphatic rings. The maximum absolute atomic E-state index is 12.2.